The van der Waals surface area contributed by atoms with Gasteiger partial charge in [-0.15, -0.1) is 0 Å². The van der Waals surface area contributed by atoms with Gasteiger partial charge in [-0.25, -0.2) is 9.69 Å². The summed E-state index contributed by atoms with van der Waals surface area (Å²) in [5.41, 5.74) is 0.388. The van der Waals surface area contributed by atoms with Crippen molar-refractivity contribution in [3.8, 4) is 0 Å². The van der Waals surface area contributed by atoms with Crippen molar-refractivity contribution < 1.29 is 14.4 Å². The van der Waals surface area contributed by atoms with E-state index < -0.39 is 23.8 Å². The normalized spacial score (nSPS) is 20.1. The van der Waals surface area contributed by atoms with Gasteiger partial charge in [-0.2, -0.15) is 0 Å². The zero-order valence-electron chi connectivity index (χ0n) is 9.24. The topological polar surface area (TPSA) is 66.5 Å². The molecule has 0 spiro atoms. The average Bonchev–Trinajstić information content (AvgIpc) is 2.30. The second-order valence-corrected chi connectivity index (χ2v) is 5.47. The van der Waals surface area contributed by atoms with Crippen LogP contribution in [0, 0.1) is 5.92 Å². The van der Waals surface area contributed by atoms with Gasteiger partial charge in [0.1, 0.15) is 5.92 Å². The molecule has 1 atom stereocenters. The maximum Gasteiger partial charge on any atom is 0.335 e. The third kappa shape index (κ3) is 2.08. The van der Waals surface area contributed by atoms with E-state index in [4.69, 9.17) is 0 Å². The van der Waals surface area contributed by atoms with Crippen LogP contribution in [0.2, 0.25) is 0 Å². The first-order chi connectivity index (χ1) is 8.43. The van der Waals surface area contributed by atoms with Gasteiger partial charge in [0.2, 0.25) is 11.8 Å². The van der Waals surface area contributed by atoms with Crippen molar-refractivity contribution in [1.29, 1.82) is 0 Å². The number of carbonyl (C=O) groups is 3. The summed E-state index contributed by atoms with van der Waals surface area (Å²) in [7, 11) is 0. The van der Waals surface area contributed by atoms with Gasteiger partial charge in [-0.05, 0) is 50.9 Å². The summed E-state index contributed by atoms with van der Waals surface area (Å²) < 4.78 is 1.17. The van der Waals surface area contributed by atoms with Gasteiger partial charge >= 0.3 is 6.03 Å². The number of carbonyl (C=O) groups excluding carboxylic acids is 3. The number of amides is 4. The van der Waals surface area contributed by atoms with Crippen LogP contribution in [0.1, 0.15) is 6.92 Å². The number of anilines is 1. The number of halogens is 2. The van der Waals surface area contributed by atoms with Crippen LogP contribution in [0.4, 0.5) is 10.5 Å². The molecule has 18 heavy (non-hydrogen) atoms. The lowest BCUT2D eigenvalue weighted by Crippen LogP contribution is -2.57. The van der Waals surface area contributed by atoms with Gasteiger partial charge in [-0.3, -0.25) is 14.9 Å². The number of rotatable bonds is 1. The molecule has 0 bridgehead atoms. The summed E-state index contributed by atoms with van der Waals surface area (Å²) >= 11 is 6.57. The van der Waals surface area contributed by atoms with Crippen LogP contribution in [0.3, 0.4) is 0 Å². The highest BCUT2D eigenvalue weighted by Gasteiger charge is 2.39. The zero-order valence-corrected chi connectivity index (χ0v) is 12.4. The van der Waals surface area contributed by atoms with Gasteiger partial charge in [-0.1, -0.05) is 6.07 Å². The van der Waals surface area contributed by atoms with Crippen molar-refractivity contribution in [1.82, 2.24) is 5.32 Å². The predicted molar refractivity (Wildman–Crippen MR) is 72.0 cm³/mol. The number of urea groups is 1. The number of nitrogens with zero attached hydrogens (tertiary/aromatic N) is 1. The van der Waals surface area contributed by atoms with Gasteiger partial charge < -0.3 is 0 Å². The number of nitrogens with one attached hydrogen (secondary N) is 1. The Labute approximate surface area is 120 Å². The van der Waals surface area contributed by atoms with E-state index in [1.165, 1.54) is 6.92 Å². The molecule has 1 fully saturated rings. The van der Waals surface area contributed by atoms with Gasteiger partial charge in [0.25, 0.3) is 0 Å². The highest BCUT2D eigenvalue weighted by Crippen LogP contribution is 2.35. The van der Waals surface area contributed by atoms with Crippen molar-refractivity contribution in [2.75, 3.05) is 4.90 Å². The molecule has 0 aromatic heterocycles. The molecule has 1 saturated heterocycles. The van der Waals surface area contributed by atoms with E-state index in [0.29, 0.717) is 14.6 Å². The van der Waals surface area contributed by atoms with Crippen LogP contribution in [0.15, 0.2) is 27.1 Å². The number of barbiturate groups is 1. The van der Waals surface area contributed by atoms with E-state index in [2.05, 4.69) is 37.2 Å². The first kappa shape index (κ1) is 13.2. The first-order valence-electron chi connectivity index (χ1n) is 5.06. The molecule has 4 amide bonds. The molecule has 1 aliphatic heterocycles. The van der Waals surface area contributed by atoms with Crippen LogP contribution < -0.4 is 10.2 Å². The van der Waals surface area contributed by atoms with Gasteiger partial charge in [0, 0.05) is 8.95 Å². The van der Waals surface area contributed by atoms with E-state index >= 15 is 0 Å². The fourth-order valence-corrected chi connectivity index (χ4v) is 2.94. The van der Waals surface area contributed by atoms with E-state index in [0.717, 1.165) is 4.90 Å². The quantitative estimate of drug-likeness (QED) is 0.766. The Hall–Kier alpha value is -1.21. The monoisotopic (exact) mass is 374 g/mol. The molecule has 2 rings (SSSR count). The minimum atomic E-state index is -0.887. The lowest BCUT2D eigenvalue weighted by molar-refractivity contribution is -0.133. The van der Waals surface area contributed by atoms with Crippen molar-refractivity contribution in [2.45, 2.75) is 6.92 Å². The van der Waals surface area contributed by atoms with Crippen molar-refractivity contribution in [3.63, 3.8) is 0 Å². The molecule has 1 N–H and O–H groups in total. The third-order valence-electron chi connectivity index (χ3n) is 2.58. The van der Waals surface area contributed by atoms with E-state index in [-0.39, 0.29) is 0 Å². The Kier molecular flexibility index (Phi) is 3.54. The number of hydrogen-bond acceptors (Lipinski definition) is 3. The third-order valence-corrected chi connectivity index (χ3v) is 3.86. The van der Waals surface area contributed by atoms with Crippen molar-refractivity contribution >= 4 is 55.4 Å². The van der Waals surface area contributed by atoms with Gasteiger partial charge in [0.05, 0.1) is 5.69 Å². The summed E-state index contributed by atoms with van der Waals surface area (Å²) in [6.45, 7) is 1.46. The Bertz CT molecular complexity index is 539. The van der Waals surface area contributed by atoms with Crippen molar-refractivity contribution in [3.05, 3.63) is 27.1 Å². The van der Waals surface area contributed by atoms with Crippen LogP contribution in [0.25, 0.3) is 0 Å². The molecule has 7 heteroatoms. The number of benzene rings is 1. The number of para-hydroxylation sites is 1. The molecule has 1 aliphatic rings. The van der Waals surface area contributed by atoms with Crippen LogP contribution >= 0.6 is 31.9 Å². The highest BCUT2D eigenvalue weighted by atomic mass is 79.9. The lowest BCUT2D eigenvalue weighted by Gasteiger charge is -2.29. The number of hydrogen-bond donors (Lipinski definition) is 1. The lowest BCUT2D eigenvalue weighted by atomic mass is 10.1. The molecule has 0 aliphatic carbocycles. The number of imide groups is 2. The Morgan fingerprint density at radius 2 is 1.72 bits per heavy atom. The summed E-state index contributed by atoms with van der Waals surface area (Å²) in [5.74, 6) is -2.01. The van der Waals surface area contributed by atoms with Crippen molar-refractivity contribution in [2.24, 2.45) is 5.92 Å². The predicted octanol–water partition coefficient (Wildman–Crippen LogP) is 2.43. The molecule has 0 saturated carbocycles. The fourth-order valence-electron chi connectivity index (χ4n) is 1.59. The standard InChI is InChI=1S/C11H8Br2N2O3/c1-5-9(16)14-11(18)15(10(5)17)8-6(12)3-2-4-7(8)13/h2-5H,1H3,(H,14,16,18). The Balaban J connectivity index is 2.53. The Morgan fingerprint density at radius 1 is 1.17 bits per heavy atom. The average molecular weight is 376 g/mol. The SMILES string of the molecule is CC1C(=O)NC(=O)N(c2c(Br)cccc2Br)C1=O. The molecule has 1 aromatic carbocycles. The van der Waals surface area contributed by atoms with Crippen LogP contribution in [-0.4, -0.2) is 17.8 Å². The molecular formula is C11H8Br2N2O3. The maximum absolute atomic E-state index is 12.1. The van der Waals surface area contributed by atoms with E-state index in [9.17, 15) is 14.4 Å². The zero-order chi connectivity index (χ0) is 13.4. The molecule has 1 aromatic rings. The minimum absolute atomic E-state index is 0.388. The van der Waals surface area contributed by atoms with E-state index in [1.54, 1.807) is 18.2 Å². The smallest absolute Gasteiger partial charge is 0.277 e. The van der Waals surface area contributed by atoms with Crippen LogP contribution in [0.5, 0.6) is 0 Å². The summed E-state index contributed by atoms with van der Waals surface area (Å²) in [6, 6.07) is 4.44. The minimum Gasteiger partial charge on any atom is -0.277 e. The molecular weight excluding hydrogens is 368 g/mol. The van der Waals surface area contributed by atoms with Gasteiger partial charge in [0.15, 0.2) is 0 Å². The molecule has 5 nitrogen and oxygen atoms in total. The maximum atomic E-state index is 12.1. The summed E-state index contributed by atoms with van der Waals surface area (Å²) in [6.07, 6.45) is 0. The largest absolute Gasteiger partial charge is 0.335 e. The molecule has 0 radical (unpaired) electrons. The van der Waals surface area contributed by atoms with E-state index in [1.807, 2.05) is 0 Å². The fraction of sp³-hybridized carbons (Fsp3) is 0.182. The molecule has 94 valence electrons. The second-order valence-electron chi connectivity index (χ2n) is 3.76. The summed E-state index contributed by atoms with van der Waals surface area (Å²) in [5, 5.41) is 2.15. The van der Waals surface area contributed by atoms with Crippen LogP contribution in [-0.2, 0) is 9.59 Å². The first-order valence-corrected chi connectivity index (χ1v) is 6.65. The Morgan fingerprint density at radius 3 is 2.28 bits per heavy atom. The highest BCUT2D eigenvalue weighted by molar-refractivity contribution is 9.11. The summed E-state index contributed by atoms with van der Waals surface area (Å²) in [4.78, 5) is 36.2. The molecule has 1 unspecified atom stereocenters. The molecule has 1 heterocycles. The second kappa shape index (κ2) is 4.81.